The summed E-state index contributed by atoms with van der Waals surface area (Å²) in [6.07, 6.45) is 8.07. The summed E-state index contributed by atoms with van der Waals surface area (Å²) in [5.74, 6) is 3.00. The van der Waals surface area contributed by atoms with Crippen LogP contribution in [0.15, 0.2) is 0 Å². The molecule has 14 heavy (non-hydrogen) atoms. The molecular weight excluding hydrogens is 174 g/mol. The first kappa shape index (κ1) is 9.17. The molecule has 3 aliphatic carbocycles. The minimum absolute atomic E-state index is 0.0476. The van der Waals surface area contributed by atoms with Crippen LogP contribution in [-0.4, -0.2) is 23.8 Å². The fourth-order valence-corrected chi connectivity index (χ4v) is 3.65. The summed E-state index contributed by atoms with van der Waals surface area (Å²) in [6.45, 7) is 1.17. The van der Waals surface area contributed by atoms with Crippen LogP contribution in [0.3, 0.4) is 0 Å². The summed E-state index contributed by atoms with van der Waals surface area (Å²) in [7, 11) is 0. The van der Waals surface area contributed by atoms with Gasteiger partial charge in [0.25, 0.3) is 0 Å². The van der Waals surface area contributed by atoms with Gasteiger partial charge in [0.05, 0.1) is 6.10 Å². The van der Waals surface area contributed by atoms with Crippen molar-refractivity contribution in [2.45, 2.75) is 50.7 Å². The number of hydrogen-bond donors (Lipinski definition) is 2. The Bertz CT molecular complexity index is 218. The van der Waals surface area contributed by atoms with Crippen LogP contribution in [-0.2, 0) is 0 Å². The smallest absolute Gasteiger partial charge is 0.0693 e. The summed E-state index contributed by atoms with van der Waals surface area (Å²) >= 11 is 0. The van der Waals surface area contributed by atoms with Crippen molar-refractivity contribution in [2.24, 2.45) is 17.8 Å². The fraction of sp³-hybridized carbons (Fsp3) is 1.00. The Kier molecular flexibility index (Phi) is 2.29. The Morgan fingerprint density at radius 2 is 2.00 bits per heavy atom. The van der Waals surface area contributed by atoms with E-state index in [-0.39, 0.29) is 6.10 Å². The fourth-order valence-electron chi connectivity index (χ4n) is 3.65. The average molecular weight is 195 g/mol. The van der Waals surface area contributed by atoms with Gasteiger partial charge in [0.2, 0.25) is 0 Å². The Balaban J connectivity index is 1.45. The van der Waals surface area contributed by atoms with E-state index in [1.807, 2.05) is 0 Å². The second-order valence-corrected chi connectivity index (χ2v) is 5.59. The van der Waals surface area contributed by atoms with E-state index in [1.165, 1.54) is 38.6 Å². The van der Waals surface area contributed by atoms with Crippen LogP contribution in [0.5, 0.6) is 0 Å². The molecule has 0 aromatic rings. The molecule has 3 aliphatic rings. The molecule has 0 heterocycles. The Morgan fingerprint density at radius 1 is 1.07 bits per heavy atom. The average Bonchev–Trinajstić information content (AvgIpc) is 2.77. The number of aliphatic hydroxyl groups excluding tert-OH is 1. The maximum Gasteiger partial charge on any atom is 0.0693 e. The van der Waals surface area contributed by atoms with E-state index in [9.17, 15) is 5.11 Å². The third kappa shape index (κ3) is 1.49. The Morgan fingerprint density at radius 3 is 2.50 bits per heavy atom. The van der Waals surface area contributed by atoms with Crippen LogP contribution >= 0.6 is 0 Å². The molecule has 3 fully saturated rings. The molecule has 80 valence electrons. The molecule has 0 aliphatic heterocycles. The summed E-state index contributed by atoms with van der Waals surface area (Å²) in [4.78, 5) is 0. The lowest BCUT2D eigenvalue weighted by molar-refractivity contribution is 0.0466. The molecule has 0 amide bonds. The maximum absolute atomic E-state index is 9.45. The van der Waals surface area contributed by atoms with E-state index in [1.54, 1.807) is 0 Å². The van der Waals surface area contributed by atoms with E-state index < -0.39 is 0 Å². The quantitative estimate of drug-likeness (QED) is 0.716. The highest BCUT2D eigenvalue weighted by Gasteiger charge is 2.40. The monoisotopic (exact) mass is 195 g/mol. The molecule has 2 bridgehead atoms. The molecule has 3 rings (SSSR count). The third-order valence-electron chi connectivity index (χ3n) is 4.76. The molecule has 0 radical (unpaired) electrons. The van der Waals surface area contributed by atoms with Crippen LogP contribution in [0, 0.1) is 17.8 Å². The van der Waals surface area contributed by atoms with E-state index in [2.05, 4.69) is 5.32 Å². The number of hydrogen-bond acceptors (Lipinski definition) is 2. The lowest BCUT2D eigenvalue weighted by Gasteiger charge is -2.35. The molecule has 0 spiro atoms. The lowest BCUT2D eigenvalue weighted by atomic mass is 9.86. The minimum atomic E-state index is -0.0476. The van der Waals surface area contributed by atoms with E-state index >= 15 is 0 Å². The number of fused-ring (bicyclic) bond motifs is 2. The highest BCUT2D eigenvalue weighted by Crippen LogP contribution is 2.48. The molecule has 0 aromatic carbocycles. The molecule has 3 unspecified atom stereocenters. The van der Waals surface area contributed by atoms with Crippen LogP contribution < -0.4 is 5.32 Å². The predicted molar refractivity (Wildman–Crippen MR) is 56.0 cm³/mol. The van der Waals surface area contributed by atoms with Crippen LogP contribution in [0.4, 0.5) is 0 Å². The second kappa shape index (κ2) is 3.49. The first-order valence-electron chi connectivity index (χ1n) is 6.24. The maximum atomic E-state index is 9.45. The van der Waals surface area contributed by atoms with Crippen molar-refractivity contribution in [3.05, 3.63) is 0 Å². The van der Waals surface area contributed by atoms with Gasteiger partial charge in [-0.15, -0.1) is 0 Å². The van der Waals surface area contributed by atoms with Crippen LogP contribution in [0.25, 0.3) is 0 Å². The Hall–Kier alpha value is -0.0800. The van der Waals surface area contributed by atoms with Crippen molar-refractivity contribution in [1.82, 2.24) is 5.32 Å². The minimum Gasteiger partial charge on any atom is -0.392 e. The van der Waals surface area contributed by atoms with Crippen molar-refractivity contribution >= 4 is 0 Å². The molecule has 2 heteroatoms. The van der Waals surface area contributed by atoms with Crippen molar-refractivity contribution in [2.75, 3.05) is 6.54 Å². The molecule has 0 saturated heterocycles. The van der Waals surface area contributed by atoms with Gasteiger partial charge in [0.15, 0.2) is 0 Å². The number of aliphatic hydroxyl groups is 1. The van der Waals surface area contributed by atoms with Crippen LogP contribution in [0.2, 0.25) is 0 Å². The summed E-state index contributed by atoms with van der Waals surface area (Å²) in [5, 5.41) is 13.0. The number of nitrogens with one attached hydrogen (secondary N) is 1. The third-order valence-corrected chi connectivity index (χ3v) is 4.76. The predicted octanol–water partition coefficient (Wildman–Crippen LogP) is 1.54. The zero-order valence-electron chi connectivity index (χ0n) is 8.78. The zero-order chi connectivity index (χ0) is 9.54. The number of rotatable bonds is 3. The Labute approximate surface area is 86.1 Å². The summed E-state index contributed by atoms with van der Waals surface area (Å²) in [5.41, 5.74) is 0. The van der Waals surface area contributed by atoms with Gasteiger partial charge in [0, 0.05) is 6.04 Å². The zero-order valence-corrected chi connectivity index (χ0v) is 8.78. The highest BCUT2D eigenvalue weighted by atomic mass is 16.3. The second-order valence-electron chi connectivity index (χ2n) is 5.59. The van der Waals surface area contributed by atoms with Crippen molar-refractivity contribution in [1.29, 1.82) is 0 Å². The van der Waals surface area contributed by atoms with Gasteiger partial charge in [-0.05, 0) is 56.4 Å². The van der Waals surface area contributed by atoms with Crippen molar-refractivity contribution in [3.63, 3.8) is 0 Å². The first-order chi connectivity index (χ1) is 6.83. The topological polar surface area (TPSA) is 32.3 Å². The molecule has 3 saturated carbocycles. The van der Waals surface area contributed by atoms with E-state index in [4.69, 9.17) is 0 Å². The highest BCUT2D eigenvalue weighted by molar-refractivity contribution is 4.93. The van der Waals surface area contributed by atoms with E-state index in [0.29, 0.717) is 6.04 Å². The van der Waals surface area contributed by atoms with Gasteiger partial charge in [-0.2, -0.15) is 0 Å². The lowest BCUT2D eigenvalue weighted by Crippen LogP contribution is -2.49. The van der Waals surface area contributed by atoms with Gasteiger partial charge in [0.1, 0.15) is 0 Å². The largest absolute Gasteiger partial charge is 0.392 e. The van der Waals surface area contributed by atoms with Crippen molar-refractivity contribution < 1.29 is 5.11 Å². The standard InChI is InChI=1S/C12H21NO/c14-12-4-3-11(12)13-7-10-6-8-1-2-9(10)5-8/h8-14H,1-7H2/t8?,9?,10?,11-,12-/m1/s1. The SMILES string of the molecule is O[C@@H]1CC[C@H]1NCC1CC2CCC1C2. The van der Waals surface area contributed by atoms with Gasteiger partial charge < -0.3 is 10.4 Å². The van der Waals surface area contributed by atoms with Gasteiger partial charge in [-0.3, -0.25) is 0 Å². The van der Waals surface area contributed by atoms with E-state index in [0.717, 1.165) is 24.2 Å². The molecule has 2 nitrogen and oxygen atoms in total. The molecular formula is C12H21NO. The molecule has 2 N–H and O–H groups in total. The molecule has 5 atom stereocenters. The first-order valence-corrected chi connectivity index (χ1v) is 6.24. The van der Waals surface area contributed by atoms with Gasteiger partial charge in [-0.1, -0.05) is 6.42 Å². The van der Waals surface area contributed by atoms with Crippen LogP contribution in [0.1, 0.15) is 38.5 Å². The van der Waals surface area contributed by atoms with Gasteiger partial charge >= 0.3 is 0 Å². The summed E-state index contributed by atoms with van der Waals surface area (Å²) < 4.78 is 0. The van der Waals surface area contributed by atoms with Crippen molar-refractivity contribution in [3.8, 4) is 0 Å². The molecule has 0 aromatic heterocycles. The summed E-state index contributed by atoms with van der Waals surface area (Å²) in [6, 6.07) is 0.425. The van der Waals surface area contributed by atoms with Gasteiger partial charge in [-0.25, -0.2) is 0 Å². The normalized spacial score (nSPS) is 50.8.